The zero-order valence-corrected chi connectivity index (χ0v) is 9.90. The van der Waals surface area contributed by atoms with E-state index in [4.69, 9.17) is 5.11 Å². The van der Waals surface area contributed by atoms with Crippen LogP contribution in [0.1, 0.15) is 6.42 Å². The van der Waals surface area contributed by atoms with Gasteiger partial charge in [0.2, 0.25) is 10.0 Å². The number of thioether (sulfide) groups is 1. The maximum Gasteiger partial charge on any atom is 0.304 e. The average molecular weight is 241 g/mol. The molecule has 0 spiro atoms. The number of hydrogen-bond donors (Lipinski definition) is 1. The Balaban J connectivity index is 4.10. The number of sulfonamides is 1. The van der Waals surface area contributed by atoms with Crippen molar-refractivity contribution in [2.24, 2.45) is 0 Å². The van der Waals surface area contributed by atoms with Crippen molar-refractivity contribution in [3.05, 3.63) is 0 Å². The van der Waals surface area contributed by atoms with Crippen molar-refractivity contribution in [2.45, 2.75) is 6.42 Å². The van der Waals surface area contributed by atoms with E-state index in [0.717, 1.165) is 0 Å². The second-order valence-electron chi connectivity index (χ2n) is 2.77. The first kappa shape index (κ1) is 13.7. The van der Waals surface area contributed by atoms with Gasteiger partial charge in [-0.05, 0) is 6.26 Å². The summed E-state index contributed by atoms with van der Waals surface area (Å²) in [6, 6.07) is 0. The topological polar surface area (TPSA) is 74.7 Å². The van der Waals surface area contributed by atoms with Crippen LogP contribution in [0.15, 0.2) is 0 Å². The molecule has 84 valence electrons. The molecular formula is C7H15NO4S2. The molecule has 0 rings (SSSR count). The van der Waals surface area contributed by atoms with Crippen molar-refractivity contribution in [2.75, 3.05) is 31.4 Å². The molecule has 0 atom stereocenters. The van der Waals surface area contributed by atoms with Gasteiger partial charge in [-0.2, -0.15) is 11.8 Å². The monoisotopic (exact) mass is 241 g/mol. The molecule has 0 radical (unpaired) electrons. The molecule has 0 aromatic heterocycles. The van der Waals surface area contributed by atoms with Gasteiger partial charge in [0, 0.05) is 19.3 Å². The largest absolute Gasteiger partial charge is 0.481 e. The van der Waals surface area contributed by atoms with Gasteiger partial charge in [-0.1, -0.05) is 0 Å². The van der Waals surface area contributed by atoms with Crippen molar-refractivity contribution in [3.8, 4) is 0 Å². The second-order valence-corrected chi connectivity index (χ2v) is 5.96. The summed E-state index contributed by atoms with van der Waals surface area (Å²) < 4.78 is 24.0. The SMILES string of the molecule is CSCCN(C)S(=O)(=O)CCC(=O)O. The fourth-order valence-electron chi connectivity index (χ4n) is 0.731. The average Bonchev–Trinajstić information content (AvgIpc) is 2.11. The first-order valence-electron chi connectivity index (χ1n) is 4.05. The van der Waals surface area contributed by atoms with Crippen molar-refractivity contribution < 1.29 is 18.3 Å². The quantitative estimate of drug-likeness (QED) is 0.683. The molecule has 0 unspecified atom stereocenters. The Hall–Kier alpha value is -0.270. The minimum atomic E-state index is -3.39. The van der Waals surface area contributed by atoms with Crippen LogP contribution in [0.4, 0.5) is 0 Å². The Bertz CT molecular complexity index is 275. The highest BCUT2D eigenvalue weighted by molar-refractivity contribution is 7.98. The molecule has 0 aliphatic rings. The summed E-state index contributed by atoms with van der Waals surface area (Å²) in [4.78, 5) is 10.2. The Morgan fingerprint density at radius 1 is 1.50 bits per heavy atom. The van der Waals surface area contributed by atoms with Gasteiger partial charge >= 0.3 is 5.97 Å². The fraction of sp³-hybridized carbons (Fsp3) is 0.857. The van der Waals surface area contributed by atoms with Crippen LogP contribution >= 0.6 is 11.8 Å². The van der Waals surface area contributed by atoms with Crippen LogP contribution in [0.2, 0.25) is 0 Å². The third kappa shape index (κ3) is 5.46. The Morgan fingerprint density at radius 2 is 2.07 bits per heavy atom. The molecule has 0 aromatic carbocycles. The van der Waals surface area contributed by atoms with E-state index in [1.54, 1.807) is 11.8 Å². The number of nitrogens with zero attached hydrogens (tertiary/aromatic N) is 1. The van der Waals surface area contributed by atoms with Gasteiger partial charge in [0.15, 0.2) is 0 Å². The predicted octanol–water partition coefficient (Wildman–Crippen LogP) is 0.0857. The third-order valence-electron chi connectivity index (χ3n) is 1.66. The Morgan fingerprint density at radius 3 is 2.50 bits per heavy atom. The molecule has 0 fully saturated rings. The van der Waals surface area contributed by atoms with Crippen molar-refractivity contribution in [1.82, 2.24) is 4.31 Å². The van der Waals surface area contributed by atoms with Crippen molar-refractivity contribution in [3.63, 3.8) is 0 Å². The van der Waals surface area contributed by atoms with Gasteiger partial charge in [0.25, 0.3) is 0 Å². The molecular weight excluding hydrogens is 226 g/mol. The summed E-state index contributed by atoms with van der Waals surface area (Å²) in [5.41, 5.74) is 0. The molecule has 0 saturated heterocycles. The molecule has 0 bridgehead atoms. The number of hydrogen-bond acceptors (Lipinski definition) is 4. The molecule has 0 aliphatic carbocycles. The van der Waals surface area contributed by atoms with Crippen LogP contribution in [-0.2, 0) is 14.8 Å². The second kappa shape index (κ2) is 6.26. The minimum Gasteiger partial charge on any atom is -0.481 e. The highest BCUT2D eigenvalue weighted by atomic mass is 32.2. The number of aliphatic carboxylic acids is 1. The van der Waals surface area contributed by atoms with E-state index in [-0.39, 0.29) is 12.2 Å². The summed E-state index contributed by atoms with van der Waals surface area (Å²) in [6.07, 6.45) is 1.55. The lowest BCUT2D eigenvalue weighted by atomic mass is 10.5. The summed E-state index contributed by atoms with van der Waals surface area (Å²) in [6.45, 7) is 0.420. The van der Waals surface area contributed by atoms with Crippen LogP contribution in [0.5, 0.6) is 0 Å². The molecule has 0 aromatic rings. The summed E-state index contributed by atoms with van der Waals surface area (Å²) in [5, 5.41) is 8.35. The highest BCUT2D eigenvalue weighted by Crippen LogP contribution is 2.02. The molecule has 0 saturated carbocycles. The van der Waals surface area contributed by atoms with E-state index in [1.807, 2.05) is 6.26 Å². The van der Waals surface area contributed by atoms with Gasteiger partial charge in [-0.15, -0.1) is 0 Å². The van der Waals surface area contributed by atoms with E-state index in [0.29, 0.717) is 12.3 Å². The van der Waals surface area contributed by atoms with Crippen LogP contribution in [0, 0.1) is 0 Å². The molecule has 5 nitrogen and oxygen atoms in total. The maximum atomic E-state index is 11.4. The minimum absolute atomic E-state index is 0.326. The smallest absolute Gasteiger partial charge is 0.304 e. The summed E-state index contributed by atoms with van der Waals surface area (Å²) in [7, 11) is -1.92. The zero-order chi connectivity index (χ0) is 11.2. The van der Waals surface area contributed by atoms with E-state index in [1.165, 1.54) is 11.4 Å². The maximum absolute atomic E-state index is 11.4. The summed E-state index contributed by atoms with van der Waals surface area (Å²) >= 11 is 1.55. The standard InChI is InChI=1S/C7H15NO4S2/c1-8(4-5-13-2)14(11,12)6-3-7(9)10/h3-6H2,1-2H3,(H,9,10). The Kier molecular flexibility index (Phi) is 6.14. The first-order valence-corrected chi connectivity index (χ1v) is 7.05. The van der Waals surface area contributed by atoms with Crippen LogP contribution in [0.3, 0.4) is 0 Å². The summed E-state index contributed by atoms with van der Waals surface area (Å²) in [5.74, 6) is -0.706. The van der Waals surface area contributed by atoms with Gasteiger partial charge < -0.3 is 5.11 Å². The molecule has 7 heteroatoms. The lowest BCUT2D eigenvalue weighted by Crippen LogP contribution is -2.31. The molecule has 0 amide bonds. The molecule has 1 N–H and O–H groups in total. The Labute approximate surface area is 88.5 Å². The molecule has 14 heavy (non-hydrogen) atoms. The normalized spacial score (nSPS) is 11.9. The zero-order valence-electron chi connectivity index (χ0n) is 8.26. The fourth-order valence-corrected chi connectivity index (χ4v) is 2.42. The van der Waals surface area contributed by atoms with Crippen LogP contribution in [-0.4, -0.2) is 55.2 Å². The third-order valence-corrected chi connectivity index (χ3v) is 4.10. The van der Waals surface area contributed by atoms with Crippen LogP contribution in [0.25, 0.3) is 0 Å². The van der Waals surface area contributed by atoms with Gasteiger partial charge in [0.05, 0.1) is 12.2 Å². The van der Waals surface area contributed by atoms with E-state index in [2.05, 4.69) is 0 Å². The van der Waals surface area contributed by atoms with Crippen molar-refractivity contribution in [1.29, 1.82) is 0 Å². The predicted molar refractivity (Wildman–Crippen MR) is 57.1 cm³/mol. The number of rotatable bonds is 7. The lowest BCUT2D eigenvalue weighted by Gasteiger charge is -2.15. The van der Waals surface area contributed by atoms with Gasteiger partial charge in [-0.3, -0.25) is 4.79 Å². The first-order chi connectivity index (χ1) is 6.40. The molecule has 0 aliphatic heterocycles. The number of carboxylic acids is 1. The highest BCUT2D eigenvalue weighted by Gasteiger charge is 2.18. The van der Waals surface area contributed by atoms with E-state index >= 15 is 0 Å². The lowest BCUT2D eigenvalue weighted by molar-refractivity contribution is -0.136. The van der Waals surface area contributed by atoms with Gasteiger partial charge in [0.1, 0.15) is 0 Å². The molecule has 0 heterocycles. The van der Waals surface area contributed by atoms with E-state index in [9.17, 15) is 13.2 Å². The van der Waals surface area contributed by atoms with Crippen molar-refractivity contribution >= 4 is 27.8 Å². The number of carboxylic acid groups (broad SMARTS) is 1. The van der Waals surface area contributed by atoms with E-state index < -0.39 is 16.0 Å². The number of carbonyl (C=O) groups is 1. The van der Waals surface area contributed by atoms with Gasteiger partial charge in [-0.25, -0.2) is 12.7 Å². The van der Waals surface area contributed by atoms with Crippen LogP contribution < -0.4 is 0 Å².